The van der Waals surface area contributed by atoms with Crippen molar-refractivity contribution in [2.75, 3.05) is 12.0 Å². The van der Waals surface area contributed by atoms with E-state index in [0.717, 1.165) is 18.6 Å². The van der Waals surface area contributed by atoms with Crippen LogP contribution >= 0.6 is 11.8 Å². The predicted molar refractivity (Wildman–Crippen MR) is 46.0 cm³/mol. The van der Waals surface area contributed by atoms with E-state index in [1.807, 2.05) is 6.26 Å². The van der Waals surface area contributed by atoms with Crippen molar-refractivity contribution in [3.05, 3.63) is 12.2 Å². The Hall–Kier alpha value is -0.440. The van der Waals surface area contributed by atoms with Gasteiger partial charge in [-0.05, 0) is 24.9 Å². The lowest BCUT2D eigenvalue weighted by molar-refractivity contribution is -0.114. The average Bonchev–Trinajstić information content (AvgIpc) is 1.88. The first-order valence-electron chi connectivity index (χ1n) is 3.15. The fraction of sp³-hybridized carbons (Fsp3) is 0.571. The van der Waals surface area contributed by atoms with Crippen LogP contribution in [0.4, 0.5) is 0 Å². The van der Waals surface area contributed by atoms with Gasteiger partial charge in [-0.3, -0.25) is 4.79 Å². The molecule has 0 aromatic heterocycles. The van der Waals surface area contributed by atoms with E-state index in [0.29, 0.717) is 5.57 Å². The number of nitrogens with two attached hydrogens (primary N) is 1. The molecule has 2 N–H and O–H groups in total. The molecule has 58 valence electrons. The molecule has 3 heteroatoms. The van der Waals surface area contributed by atoms with Crippen molar-refractivity contribution in [1.82, 2.24) is 0 Å². The molecule has 1 amide bonds. The van der Waals surface area contributed by atoms with Gasteiger partial charge in [-0.2, -0.15) is 11.8 Å². The topological polar surface area (TPSA) is 43.1 Å². The zero-order valence-corrected chi connectivity index (χ0v) is 7.04. The van der Waals surface area contributed by atoms with Crippen LogP contribution in [0.15, 0.2) is 12.2 Å². The summed E-state index contributed by atoms with van der Waals surface area (Å²) in [5.74, 6) is 0.688. The highest BCUT2D eigenvalue weighted by Crippen LogP contribution is 2.05. The van der Waals surface area contributed by atoms with Crippen LogP contribution in [0.5, 0.6) is 0 Å². The van der Waals surface area contributed by atoms with Gasteiger partial charge in [0.25, 0.3) is 0 Å². The summed E-state index contributed by atoms with van der Waals surface area (Å²) in [5, 5.41) is 0. The fourth-order valence-electron chi connectivity index (χ4n) is 0.553. The molecule has 0 spiro atoms. The van der Waals surface area contributed by atoms with Crippen LogP contribution in [-0.4, -0.2) is 17.9 Å². The van der Waals surface area contributed by atoms with Crippen LogP contribution in [0.2, 0.25) is 0 Å². The monoisotopic (exact) mass is 159 g/mol. The standard InChI is InChI=1S/C7H13NOS/c1-6(7(8)9)4-3-5-10-2/h1,3-5H2,2H3,(H2,8,9). The highest BCUT2D eigenvalue weighted by Gasteiger charge is 1.99. The largest absolute Gasteiger partial charge is 0.366 e. The summed E-state index contributed by atoms with van der Waals surface area (Å²) < 4.78 is 0. The molecule has 0 bridgehead atoms. The van der Waals surface area contributed by atoms with Gasteiger partial charge in [0, 0.05) is 5.57 Å². The third kappa shape index (κ3) is 4.44. The minimum absolute atomic E-state index is 0.374. The van der Waals surface area contributed by atoms with Crippen LogP contribution in [0, 0.1) is 0 Å². The first kappa shape index (κ1) is 9.56. The zero-order chi connectivity index (χ0) is 7.98. The summed E-state index contributed by atoms with van der Waals surface area (Å²) >= 11 is 1.76. The third-order valence-electron chi connectivity index (χ3n) is 1.18. The first-order chi connectivity index (χ1) is 4.68. The Morgan fingerprint density at radius 1 is 1.70 bits per heavy atom. The SMILES string of the molecule is C=C(CCCSC)C(N)=O. The van der Waals surface area contributed by atoms with E-state index in [1.165, 1.54) is 0 Å². The third-order valence-corrected chi connectivity index (χ3v) is 1.87. The van der Waals surface area contributed by atoms with E-state index in [-0.39, 0.29) is 5.91 Å². The van der Waals surface area contributed by atoms with Gasteiger partial charge in [0.15, 0.2) is 0 Å². The highest BCUT2D eigenvalue weighted by molar-refractivity contribution is 7.98. The minimum atomic E-state index is -0.374. The van der Waals surface area contributed by atoms with E-state index in [2.05, 4.69) is 6.58 Å². The lowest BCUT2D eigenvalue weighted by atomic mass is 10.2. The van der Waals surface area contributed by atoms with Crippen LogP contribution in [-0.2, 0) is 4.79 Å². The maximum atomic E-state index is 10.4. The maximum Gasteiger partial charge on any atom is 0.244 e. The van der Waals surface area contributed by atoms with Crippen molar-refractivity contribution in [2.45, 2.75) is 12.8 Å². The van der Waals surface area contributed by atoms with E-state index < -0.39 is 0 Å². The van der Waals surface area contributed by atoms with Crippen molar-refractivity contribution in [1.29, 1.82) is 0 Å². The molecule has 0 saturated heterocycles. The quantitative estimate of drug-likeness (QED) is 0.483. The lowest BCUT2D eigenvalue weighted by Crippen LogP contribution is -2.12. The Labute approximate surface area is 65.9 Å². The number of carbonyl (C=O) groups is 1. The molecule has 0 aliphatic carbocycles. The smallest absolute Gasteiger partial charge is 0.244 e. The van der Waals surface area contributed by atoms with Crippen LogP contribution in [0.3, 0.4) is 0 Å². The number of thioether (sulfide) groups is 1. The second-order valence-corrected chi connectivity index (χ2v) is 3.05. The fourth-order valence-corrected chi connectivity index (χ4v) is 0.986. The van der Waals surface area contributed by atoms with Crippen molar-refractivity contribution in [3.63, 3.8) is 0 Å². The van der Waals surface area contributed by atoms with Gasteiger partial charge in [-0.1, -0.05) is 6.58 Å². The molecule has 0 rings (SSSR count). The van der Waals surface area contributed by atoms with E-state index in [1.54, 1.807) is 11.8 Å². The summed E-state index contributed by atoms with van der Waals surface area (Å²) in [6.45, 7) is 3.54. The molecule has 0 unspecified atom stereocenters. The van der Waals surface area contributed by atoms with Crippen LogP contribution in [0.25, 0.3) is 0 Å². The normalized spacial score (nSPS) is 9.30. The minimum Gasteiger partial charge on any atom is -0.366 e. The molecule has 0 fully saturated rings. The van der Waals surface area contributed by atoms with Gasteiger partial charge in [-0.15, -0.1) is 0 Å². The number of hydrogen-bond acceptors (Lipinski definition) is 2. The van der Waals surface area contributed by atoms with Gasteiger partial charge in [-0.25, -0.2) is 0 Å². The van der Waals surface area contributed by atoms with Crippen molar-refractivity contribution >= 4 is 17.7 Å². The molecular weight excluding hydrogens is 146 g/mol. The van der Waals surface area contributed by atoms with Gasteiger partial charge < -0.3 is 5.73 Å². The summed E-state index contributed by atoms with van der Waals surface area (Å²) in [6.07, 6.45) is 3.76. The Morgan fingerprint density at radius 2 is 2.30 bits per heavy atom. The Balaban J connectivity index is 3.31. The molecule has 0 aliphatic heterocycles. The van der Waals surface area contributed by atoms with Crippen molar-refractivity contribution < 1.29 is 4.79 Å². The van der Waals surface area contributed by atoms with E-state index in [9.17, 15) is 4.79 Å². The van der Waals surface area contributed by atoms with Crippen LogP contribution < -0.4 is 5.73 Å². The number of primary amides is 1. The van der Waals surface area contributed by atoms with Crippen molar-refractivity contribution in [2.24, 2.45) is 5.73 Å². The maximum absolute atomic E-state index is 10.4. The zero-order valence-electron chi connectivity index (χ0n) is 6.22. The molecule has 0 heterocycles. The Morgan fingerprint density at radius 3 is 2.70 bits per heavy atom. The molecule has 0 radical (unpaired) electrons. The molecule has 0 aromatic carbocycles. The summed E-state index contributed by atoms with van der Waals surface area (Å²) in [6, 6.07) is 0. The molecule has 0 aliphatic rings. The summed E-state index contributed by atoms with van der Waals surface area (Å²) in [4.78, 5) is 10.4. The summed E-state index contributed by atoms with van der Waals surface area (Å²) in [5.41, 5.74) is 5.51. The van der Waals surface area contributed by atoms with Gasteiger partial charge in [0.2, 0.25) is 5.91 Å². The average molecular weight is 159 g/mol. The second-order valence-electron chi connectivity index (χ2n) is 2.06. The van der Waals surface area contributed by atoms with Crippen LogP contribution in [0.1, 0.15) is 12.8 Å². The number of rotatable bonds is 5. The highest BCUT2D eigenvalue weighted by atomic mass is 32.2. The number of amides is 1. The van der Waals surface area contributed by atoms with Crippen molar-refractivity contribution in [3.8, 4) is 0 Å². The van der Waals surface area contributed by atoms with E-state index >= 15 is 0 Å². The van der Waals surface area contributed by atoms with Gasteiger partial charge in [0.1, 0.15) is 0 Å². The van der Waals surface area contributed by atoms with Gasteiger partial charge >= 0.3 is 0 Å². The molecule has 10 heavy (non-hydrogen) atoms. The number of hydrogen-bond donors (Lipinski definition) is 1. The predicted octanol–water partition coefficient (Wildman–Crippen LogP) is 1.17. The molecule has 0 atom stereocenters. The lowest BCUT2D eigenvalue weighted by Gasteiger charge is -1.98. The summed E-state index contributed by atoms with van der Waals surface area (Å²) in [7, 11) is 0. The first-order valence-corrected chi connectivity index (χ1v) is 4.54. The second kappa shape index (κ2) is 5.35. The van der Waals surface area contributed by atoms with Gasteiger partial charge in [0.05, 0.1) is 0 Å². The molecule has 0 saturated carbocycles. The Bertz CT molecular complexity index is 134. The molecule has 0 aromatic rings. The molecule has 2 nitrogen and oxygen atoms in total. The Kier molecular flexibility index (Phi) is 5.12. The van der Waals surface area contributed by atoms with E-state index in [4.69, 9.17) is 5.73 Å². The number of carbonyl (C=O) groups excluding carboxylic acids is 1. The molecular formula is C7H13NOS.